The number of rotatable bonds is 6. The van der Waals surface area contributed by atoms with Crippen molar-refractivity contribution in [1.29, 1.82) is 5.26 Å². The van der Waals surface area contributed by atoms with Crippen LogP contribution in [0.2, 0.25) is 10.0 Å². The number of methoxy groups -OCH3 is 1. The lowest BCUT2D eigenvalue weighted by molar-refractivity contribution is -0.118. The van der Waals surface area contributed by atoms with Crippen LogP contribution in [0.15, 0.2) is 82.2 Å². The molecule has 2 N–H and O–H groups in total. The van der Waals surface area contributed by atoms with Gasteiger partial charge in [-0.25, -0.2) is 0 Å². The normalized spacial score (nSPS) is 18.2. The van der Waals surface area contributed by atoms with Crippen LogP contribution in [-0.4, -0.2) is 12.9 Å². The molecule has 0 fully saturated rings. The SMILES string of the molecule is COc1ccc(N2C(N)=C(C#N)C(c3cc(C)cc(CSc4cc(Cl)ccc4Cl)c3C)C3=C2CC(C)(C)CC3=O)cc1. The van der Waals surface area contributed by atoms with Crippen LogP contribution in [0.4, 0.5) is 5.69 Å². The zero-order valence-corrected chi connectivity index (χ0v) is 26.7. The highest BCUT2D eigenvalue weighted by Gasteiger charge is 2.45. The second kappa shape index (κ2) is 11.7. The van der Waals surface area contributed by atoms with Crippen molar-refractivity contribution in [2.75, 3.05) is 12.0 Å². The second-order valence-corrected chi connectivity index (χ2v) is 13.5. The van der Waals surface area contributed by atoms with Gasteiger partial charge in [0.25, 0.3) is 0 Å². The number of ketones is 1. The van der Waals surface area contributed by atoms with E-state index in [1.165, 1.54) is 0 Å². The number of allylic oxidation sites excluding steroid dienone is 3. The predicted octanol–water partition coefficient (Wildman–Crippen LogP) is 8.85. The lowest BCUT2D eigenvalue weighted by atomic mass is 9.68. The number of carbonyl (C=O) groups excluding carboxylic acids is 1. The van der Waals surface area contributed by atoms with E-state index in [4.69, 9.17) is 33.7 Å². The topological polar surface area (TPSA) is 79.3 Å². The Hall–Kier alpha value is -3.37. The third-order valence-corrected chi connectivity index (χ3v) is 9.78. The van der Waals surface area contributed by atoms with Gasteiger partial charge in [-0.05, 0) is 84.8 Å². The highest BCUT2D eigenvalue weighted by atomic mass is 35.5. The number of aryl methyl sites for hydroxylation is 1. The standard InChI is InChI=1S/C34H33Cl2N3O2S/c1-19-12-21(18-42-30-14-22(35)6-11-27(30)36)20(2)25(13-19)31-26(17-37)33(38)39(23-7-9-24(41-5)10-8-23)28-15-34(3,4)16-29(40)32(28)31/h6-14,31H,15-16,18,38H2,1-5H3. The van der Waals surface area contributed by atoms with Crippen molar-refractivity contribution in [3.05, 3.63) is 110 Å². The van der Waals surface area contributed by atoms with Crippen molar-refractivity contribution in [2.24, 2.45) is 11.1 Å². The summed E-state index contributed by atoms with van der Waals surface area (Å²) in [6, 6.07) is 19.6. The third-order valence-electron chi connectivity index (χ3n) is 8.00. The Labute approximate surface area is 261 Å². The summed E-state index contributed by atoms with van der Waals surface area (Å²) in [6.45, 7) is 8.30. The minimum absolute atomic E-state index is 0.0487. The summed E-state index contributed by atoms with van der Waals surface area (Å²) in [7, 11) is 1.62. The third kappa shape index (κ3) is 5.66. The number of nitrogens with two attached hydrogens (primary N) is 1. The quantitative estimate of drug-likeness (QED) is 0.278. The van der Waals surface area contributed by atoms with Crippen LogP contribution < -0.4 is 15.4 Å². The molecule has 3 aromatic carbocycles. The fourth-order valence-corrected chi connectivity index (χ4v) is 7.55. The van der Waals surface area contributed by atoms with Crippen LogP contribution in [0.3, 0.4) is 0 Å². The summed E-state index contributed by atoms with van der Waals surface area (Å²) < 4.78 is 5.36. The number of hydrogen-bond acceptors (Lipinski definition) is 6. The fourth-order valence-electron chi connectivity index (χ4n) is 6.00. The average Bonchev–Trinajstić information content (AvgIpc) is 2.94. The van der Waals surface area contributed by atoms with Crippen molar-refractivity contribution >= 4 is 46.4 Å². The molecule has 8 heteroatoms. The average molecular weight is 619 g/mol. The van der Waals surface area contributed by atoms with E-state index in [0.717, 1.165) is 38.5 Å². The molecule has 0 saturated carbocycles. The molecule has 42 heavy (non-hydrogen) atoms. The van der Waals surface area contributed by atoms with Crippen molar-refractivity contribution in [1.82, 2.24) is 0 Å². The first-order valence-corrected chi connectivity index (χ1v) is 15.5. The second-order valence-electron chi connectivity index (χ2n) is 11.7. The summed E-state index contributed by atoms with van der Waals surface area (Å²) in [5.74, 6) is 1.21. The van der Waals surface area contributed by atoms with Crippen LogP contribution >= 0.6 is 35.0 Å². The zero-order chi connectivity index (χ0) is 30.3. The number of Topliss-reactive ketones (excluding diaryl/α,β-unsaturated/α-hetero) is 1. The Morgan fingerprint density at radius 2 is 1.81 bits per heavy atom. The molecule has 0 saturated heterocycles. The van der Waals surface area contributed by atoms with Gasteiger partial charge in [0.05, 0.1) is 29.7 Å². The summed E-state index contributed by atoms with van der Waals surface area (Å²) in [5.41, 5.74) is 13.4. The molecule has 216 valence electrons. The van der Waals surface area contributed by atoms with Crippen molar-refractivity contribution in [3.63, 3.8) is 0 Å². The van der Waals surface area contributed by atoms with Crippen molar-refractivity contribution in [2.45, 2.75) is 57.1 Å². The van der Waals surface area contributed by atoms with Gasteiger partial charge in [-0.2, -0.15) is 5.26 Å². The molecule has 0 bridgehead atoms. The number of nitrogens with zero attached hydrogens (tertiary/aromatic N) is 2. The molecular formula is C34H33Cl2N3O2S. The summed E-state index contributed by atoms with van der Waals surface area (Å²) in [4.78, 5) is 16.8. The number of benzene rings is 3. The maximum absolute atomic E-state index is 14.0. The van der Waals surface area contributed by atoms with Crippen LogP contribution in [0.1, 0.15) is 54.9 Å². The lowest BCUT2D eigenvalue weighted by Crippen LogP contribution is -2.42. The van der Waals surface area contributed by atoms with E-state index in [0.29, 0.717) is 51.4 Å². The molecule has 5 nitrogen and oxygen atoms in total. The highest BCUT2D eigenvalue weighted by Crippen LogP contribution is 2.51. The van der Waals surface area contributed by atoms with Gasteiger partial charge in [0.2, 0.25) is 0 Å². The first-order valence-electron chi connectivity index (χ1n) is 13.7. The fraction of sp³-hybridized carbons (Fsp3) is 0.294. The molecule has 0 amide bonds. The van der Waals surface area contributed by atoms with Gasteiger partial charge >= 0.3 is 0 Å². The molecule has 2 aliphatic rings. The van der Waals surface area contributed by atoms with E-state index in [2.05, 4.69) is 39.0 Å². The Kier molecular flexibility index (Phi) is 8.40. The van der Waals surface area contributed by atoms with Gasteiger partial charge in [-0.3, -0.25) is 9.69 Å². The van der Waals surface area contributed by atoms with Gasteiger partial charge in [-0.1, -0.05) is 54.7 Å². The van der Waals surface area contributed by atoms with Gasteiger partial charge in [0.15, 0.2) is 5.78 Å². The Bertz CT molecular complexity index is 1690. The van der Waals surface area contributed by atoms with Crippen LogP contribution in [-0.2, 0) is 10.5 Å². The molecule has 5 rings (SSSR count). The van der Waals surface area contributed by atoms with Gasteiger partial charge in [-0.15, -0.1) is 11.8 Å². The van der Waals surface area contributed by atoms with Gasteiger partial charge in [0.1, 0.15) is 11.6 Å². The van der Waals surface area contributed by atoms with E-state index in [9.17, 15) is 10.1 Å². The molecule has 1 aliphatic heterocycles. The number of ether oxygens (including phenoxy) is 1. The largest absolute Gasteiger partial charge is 0.497 e. The summed E-state index contributed by atoms with van der Waals surface area (Å²) in [6.07, 6.45) is 1.05. The van der Waals surface area contributed by atoms with Gasteiger partial charge in [0, 0.05) is 39.0 Å². The molecule has 1 heterocycles. The zero-order valence-electron chi connectivity index (χ0n) is 24.3. The molecule has 0 radical (unpaired) electrons. The van der Waals surface area contributed by atoms with Crippen LogP contribution in [0, 0.1) is 30.6 Å². The molecule has 3 aromatic rings. The smallest absolute Gasteiger partial charge is 0.162 e. The Balaban J connectivity index is 1.66. The lowest BCUT2D eigenvalue weighted by Gasteiger charge is -2.44. The number of nitriles is 1. The number of carbonyl (C=O) groups is 1. The minimum atomic E-state index is -0.554. The molecular weight excluding hydrogens is 585 g/mol. The maximum atomic E-state index is 14.0. The maximum Gasteiger partial charge on any atom is 0.162 e. The Morgan fingerprint density at radius 1 is 1.10 bits per heavy atom. The van der Waals surface area contributed by atoms with E-state index in [1.54, 1.807) is 31.0 Å². The summed E-state index contributed by atoms with van der Waals surface area (Å²) >= 11 is 14.3. The monoisotopic (exact) mass is 617 g/mol. The first-order chi connectivity index (χ1) is 19.9. The number of halogens is 2. The van der Waals surface area contributed by atoms with Gasteiger partial charge < -0.3 is 10.5 Å². The molecule has 1 unspecified atom stereocenters. The minimum Gasteiger partial charge on any atom is -0.497 e. The molecule has 1 atom stereocenters. The Morgan fingerprint density at radius 3 is 2.48 bits per heavy atom. The number of thioether (sulfide) groups is 1. The van der Waals surface area contributed by atoms with Crippen LogP contribution in [0.25, 0.3) is 0 Å². The van der Waals surface area contributed by atoms with E-state index in [-0.39, 0.29) is 11.2 Å². The predicted molar refractivity (Wildman–Crippen MR) is 172 cm³/mol. The van der Waals surface area contributed by atoms with Crippen LogP contribution in [0.5, 0.6) is 5.75 Å². The summed E-state index contributed by atoms with van der Waals surface area (Å²) in [5, 5.41) is 11.8. The highest BCUT2D eigenvalue weighted by molar-refractivity contribution is 7.98. The van der Waals surface area contributed by atoms with Crippen molar-refractivity contribution < 1.29 is 9.53 Å². The molecule has 0 aromatic heterocycles. The first kappa shape index (κ1) is 30.1. The van der Waals surface area contributed by atoms with E-state index < -0.39 is 5.92 Å². The number of anilines is 1. The van der Waals surface area contributed by atoms with Crippen molar-refractivity contribution in [3.8, 4) is 11.8 Å². The van der Waals surface area contributed by atoms with E-state index in [1.807, 2.05) is 42.2 Å². The molecule has 0 spiro atoms. The van der Waals surface area contributed by atoms with E-state index >= 15 is 0 Å². The molecule has 1 aliphatic carbocycles. The number of hydrogen-bond donors (Lipinski definition) is 1.